The zero-order valence-corrected chi connectivity index (χ0v) is 15.2. The third-order valence-corrected chi connectivity index (χ3v) is 5.03. The summed E-state index contributed by atoms with van der Waals surface area (Å²) in [4.78, 5) is 26.9. The molecule has 0 saturated carbocycles. The van der Waals surface area contributed by atoms with E-state index in [-0.39, 0.29) is 18.4 Å². The number of aldehydes is 1. The second-order valence-corrected chi connectivity index (χ2v) is 6.59. The first kappa shape index (κ1) is 17.1. The fourth-order valence-corrected chi connectivity index (χ4v) is 3.74. The van der Waals surface area contributed by atoms with Crippen LogP contribution in [0.25, 0.3) is 0 Å². The SMILES string of the molecule is CN1c2ccccc2N(C(=O)C2=CC=CC=CC2)C(CC=O)c2cccn21. The highest BCUT2D eigenvalue weighted by Gasteiger charge is 2.35. The van der Waals surface area contributed by atoms with Crippen LogP contribution < -0.4 is 9.91 Å². The molecule has 1 aromatic carbocycles. The topological polar surface area (TPSA) is 45.6 Å². The zero-order valence-electron chi connectivity index (χ0n) is 15.2. The van der Waals surface area contributed by atoms with Crippen LogP contribution in [0.3, 0.4) is 0 Å². The first-order valence-corrected chi connectivity index (χ1v) is 9.02. The molecule has 5 heteroatoms. The molecule has 1 atom stereocenters. The Bertz CT molecular complexity index is 967. The van der Waals surface area contributed by atoms with Gasteiger partial charge in [0.1, 0.15) is 6.29 Å². The number of hydrogen-bond acceptors (Lipinski definition) is 3. The normalized spacial score (nSPS) is 18.3. The van der Waals surface area contributed by atoms with Gasteiger partial charge in [-0.3, -0.25) is 19.4 Å². The summed E-state index contributed by atoms with van der Waals surface area (Å²) in [6.07, 6.45) is 13.2. The molecule has 136 valence electrons. The van der Waals surface area contributed by atoms with E-state index in [4.69, 9.17) is 0 Å². The Labute approximate surface area is 158 Å². The average molecular weight is 359 g/mol. The van der Waals surface area contributed by atoms with Crippen molar-refractivity contribution in [2.45, 2.75) is 18.9 Å². The first-order valence-electron chi connectivity index (χ1n) is 9.02. The minimum atomic E-state index is -0.367. The third-order valence-electron chi connectivity index (χ3n) is 5.03. The maximum Gasteiger partial charge on any atom is 0.255 e. The Morgan fingerprint density at radius 3 is 2.74 bits per heavy atom. The van der Waals surface area contributed by atoms with Crippen LogP contribution in [-0.4, -0.2) is 23.9 Å². The minimum Gasteiger partial charge on any atom is -0.303 e. The maximum atomic E-state index is 13.6. The lowest BCUT2D eigenvalue weighted by molar-refractivity contribution is -0.115. The number of anilines is 2. The number of aromatic nitrogens is 1. The number of hydrogen-bond donors (Lipinski definition) is 0. The van der Waals surface area contributed by atoms with Crippen LogP contribution in [0.1, 0.15) is 24.6 Å². The van der Waals surface area contributed by atoms with E-state index >= 15 is 0 Å². The van der Waals surface area contributed by atoms with E-state index in [1.807, 2.05) is 89.7 Å². The predicted molar refractivity (Wildman–Crippen MR) is 107 cm³/mol. The van der Waals surface area contributed by atoms with Crippen LogP contribution >= 0.6 is 0 Å². The van der Waals surface area contributed by atoms with E-state index in [1.54, 1.807) is 4.90 Å². The molecule has 1 aromatic heterocycles. The van der Waals surface area contributed by atoms with E-state index in [0.29, 0.717) is 12.0 Å². The van der Waals surface area contributed by atoms with Gasteiger partial charge in [-0.05, 0) is 30.7 Å². The van der Waals surface area contributed by atoms with Gasteiger partial charge in [0.05, 0.1) is 23.1 Å². The number of carbonyl (C=O) groups excluding carboxylic acids is 2. The number of para-hydroxylation sites is 2. The van der Waals surface area contributed by atoms with Crippen LogP contribution in [0.4, 0.5) is 11.4 Å². The molecule has 0 N–H and O–H groups in total. The monoisotopic (exact) mass is 359 g/mol. The van der Waals surface area contributed by atoms with E-state index in [9.17, 15) is 9.59 Å². The van der Waals surface area contributed by atoms with E-state index in [0.717, 1.165) is 23.4 Å². The Hall–Kier alpha value is -3.34. The van der Waals surface area contributed by atoms with E-state index in [1.165, 1.54) is 0 Å². The number of fused-ring (bicyclic) bond motifs is 2. The molecule has 0 fully saturated rings. The third kappa shape index (κ3) is 2.91. The molecule has 2 aromatic rings. The number of nitrogens with zero attached hydrogens (tertiary/aromatic N) is 3. The van der Waals surface area contributed by atoms with Gasteiger partial charge >= 0.3 is 0 Å². The summed E-state index contributed by atoms with van der Waals surface area (Å²) in [5.41, 5.74) is 3.33. The maximum absolute atomic E-state index is 13.6. The molecule has 0 spiro atoms. The Morgan fingerprint density at radius 2 is 1.93 bits per heavy atom. The highest BCUT2D eigenvalue weighted by molar-refractivity contribution is 6.08. The molecule has 1 aliphatic heterocycles. The summed E-state index contributed by atoms with van der Waals surface area (Å²) in [6.45, 7) is 0. The lowest BCUT2D eigenvalue weighted by Crippen LogP contribution is -2.36. The van der Waals surface area contributed by atoms with Gasteiger partial charge in [-0.1, -0.05) is 42.5 Å². The smallest absolute Gasteiger partial charge is 0.255 e. The molecule has 1 aliphatic carbocycles. The predicted octanol–water partition coefficient (Wildman–Crippen LogP) is 3.81. The van der Waals surface area contributed by atoms with Crippen molar-refractivity contribution in [3.8, 4) is 0 Å². The number of allylic oxidation sites excluding steroid dienone is 5. The van der Waals surface area contributed by atoms with Crippen LogP contribution in [0, 0.1) is 0 Å². The quantitative estimate of drug-likeness (QED) is 0.783. The van der Waals surface area contributed by atoms with Crippen molar-refractivity contribution in [3.05, 3.63) is 84.2 Å². The average Bonchev–Trinajstić information content (AvgIpc) is 2.97. The van der Waals surface area contributed by atoms with Crippen LogP contribution in [0.2, 0.25) is 0 Å². The Morgan fingerprint density at radius 1 is 1.11 bits per heavy atom. The zero-order chi connectivity index (χ0) is 18.8. The standard InChI is InChI=1S/C22H21N3O2/c1-23-18-11-6-7-12-20(18)25(22(27)17-9-4-2-3-5-10-17)21(14-16-26)19-13-8-15-24(19)23/h2-9,11-13,15-16,21H,10,14H2,1H3. The molecular weight excluding hydrogens is 338 g/mol. The van der Waals surface area contributed by atoms with Crippen LogP contribution in [0.15, 0.2) is 78.5 Å². The van der Waals surface area contributed by atoms with Gasteiger partial charge in [0.25, 0.3) is 5.91 Å². The number of rotatable bonds is 3. The van der Waals surface area contributed by atoms with Crippen molar-refractivity contribution in [1.29, 1.82) is 0 Å². The van der Waals surface area contributed by atoms with Crippen molar-refractivity contribution in [2.24, 2.45) is 0 Å². The molecular formula is C22H21N3O2. The van der Waals surface area contributed by atoms with Gasteiger partial charge in [0, 0.05) is 25.2 Å². The molecule has 4 rings (SSSR count). The summed E-state index contributed by atoms with van der Waals surface area (Å²) in [7, 11) is 1.96. The number of carbonyl (C=O) groups is 2. The van der Waals surface area contributed by atoms with Gasteiger partial charge in [0.2, 0.25) is 0 Å². The lowest BCUT2D eigenvalue weighted by atomic mass is 10.0. The lowest BCUT2D eigenvalue weighted by Gasteiger charge is -2.30. The van der Waals surface area contributed by atoms with E-state index < -0.39 is 0 Å². The number of benzene rings is 1. The van der Waals surface area contributed by atoms with Gasteiger partial charge in [-0.15, -0.1) is 0 Å². The fourth-order valence-electron chi connectivity index (χ4n) is 3.74. The Balaban J connectivity index is 1.91. The van der Waals surface area contributed by atoms with Crippen molar-refractivity contribution in [1.82, 2.24) is 4.68 Å². The fraction of sp³-hybridized carbons (Fsp3) is 0.182. The van der Waals surface area contributed by atoms with Crippen LogP contribution in [-0.2, 0) is 9.59 Å². The van der Waals surface area contributed by atoms with Crippen molar-refractivity contribution >= 4 is 23.6 Å². The second kappa shape index (κ2) is 7.11. The highest BCUT2D eigenvalue weighted by Crippen LogP contribution is 2.41. The summed E-state index contributed by atoms with van der Waals surface area (Å²) in [6, 6.07) is 11.4. The second-order valence-electron chi connectivity index (χ2n) is 6.59. The van der Waals surface area contributed by atoms with Gasteiger partial charge < -0.3 is 4.79 Å². The molecule has 0 bridgehead atoms. The Kier molecular flexibility index (Phi) is 4.50. The summed E-state index contributed by atoms with van der Waals surface area (Å²) in [5.74, 6) is -0.0754. The van der Waals surface area contributed by atoms with Gasteiger partial charge in [0.15, 0.2) is 0 Å². The highest BCUT2D eigenvalue weighted by atomic mass is 16.2. The molecule has 27 heavy (non-hydrogen) atoms. The van der Waals surface area contributed by atoms with Crippen molar-refractivity contribution < 1.29 is 9.59 Å². The number of amides is 1. The summed E-state index contributed by atoms with van der Waals surface area (Å²) >= 11 is 0. The van der Waals surface area contributed by atoms with Crippen molar-refractivity contribution in [3.63, 3.8) is 0 Å². The van der Waals surface area contributed by atoms with Crippen molar-refractivity contribution in [2.75, 3.05) is 17.0 Å². The molecule has 2 aliphatic rings. The first-order chi connectivity index (χ1) is 13.2. The van der Waals surface area contributed by atoms with Crippen LogP contribution in [0.5, 0.6) is 0 Å². The molecule has 5 nitrogen and oxygen atoms in total. The molecule has 1 amide bonds. The molecule has 0 radical (unpaired) electrons. The summed E-state index contributed by atoms with van der Waals surface area (Å²) in [5, 5.41) is 2.01. The molecule has 1 unspecified atom stereocenters. The van der Waals surface area contributed by atoms with Gasteiger partial charge in [-0.2, -0.15) is 0 Å². The van der Waals surface area contributed by atoms with Gasteiger partial charge in [-0.25, -0.2) is 0 Å². The molecule has 2 heterocycles. The molecule has 0 saturated heterocycles. The summed E-state index contributed by atoms with van der Waals surface area (Å²) < 4.78 is 2.00. The largest absolute Gasteiger partial charge is 0.303 e. The van der Waals surface area contributed by atoms with E-state index in [2.05, 4.69) is 0 Å². The minimum absolute atomic E-state index is 0.0754.